The smallest absolute Gasteiger partial charge is 0.254 e. The number of carbonyl (C=O) groups is 1. The van der Waals surface area contributed by atoms with Crippen LogP contribution in [0.15, 0.2) is 6.07 Å². The summed E-state index contributed by atoms with van der Waals surface area (Å²) in [4.78, 5) is 22.8. The highest BCUT2D eigenvalue weighted by molar-refractivity contribution is 6.06. The molecule has 0 aromatic carbocycles. The second-order valence-corrected chi connectivity index (χ2v) is 8.49. The lowest BCUT2D eigenvalue weighted by atomic mass is 10.0. The predicted molar refractivity (Wildman–Crippen MR) is 107 cm³/mol. The maximum atomic E-state index is 13.5. The van der Waals surface area contributed by atoms with Crippen LogP contribution in [0.1, 0.15) is 61.3 Å². The highest BCUT2D eigenvalue weighted by atomic mass is 16.2. The zero-order valence-corrected chi connectivity index (χ0v) is 17.2. The minimum Gasteiger partial charge on any atom is -0.337 e. The fourth-order valence-electron chi connectivity index (χ4n) is 5.23. The van der Waals surface area contributed by atoms with Crippen LogP contribution < -0.4 is 0 Å². The summed E-state index contributed by atoms with van der Waals surface area (Å²) in [5, 5.41) is 5.39. The van der Waals surface area contributed by atoms with Crippen molar-refractivity contribution in [3.8, 4) is 0 Å². The van der Waals surface area contributed by atoms with Crippen LogP contribution in [-0.2, 0) is 7.05 Å². The van der Waals surface area contributed by atoms with Gasteiger partial charge in [0.1, 0.15) is 0 Å². The van der Waals surface area contributed by atoms with Gasteiger partial charge in [0.05, 0.1) is 16.6 Å². The minimum absolute atomic E-state index is 0.130. The Bertz CT molecular complexity index is 863. The number of pyridine rings is 1. The van der Waals surface area contributed by atoms with Gasteiger partial charge in [-0.15, -0.1) is 0 Å². The molecule has 6 nitrogen and oxygen atoms in total. The number of hydrogen-bond donors (Lipinski definition) is 0. The summed E-state index contributed by atoms with van der Waals surface area (Å²) < 4.78 is 1.78. The second-order valence-electron chi connectivity index (χ2n) is 8.49. The van der Waals surface area contributed by atoms with Crippen LogP contribution >= 0.6 is 0 Å². The Morgan fingerprint density at radius 1 is 1.15 bits per heavy atom. The number of nitrogens with zero attached hydrogens (tertiary/aromatic N) is 5. The summed E-state index contributed by atoms with van der Waals surface area (Å²) in [5.41, 5.74) is 3.29. The van der Waals surface area contributed by atoms with Crippen molar-refractivity contribution < 1.29 is 4.79 Å². The number of hydrogen-bond acceptors (Lipinski definition) is 4. The summed E-state index contributed by atoms with van der Waals surface area (Å²) in [6.45, 7) is 10.2. The number of carbonyl (C=O) groups excluding carboxylic acids is 1. The van der Waals surface area contributed by atoms with E-state index in [4.69, 9.17) is 0 Å². The minimum atomic E-state index is 0.130. The van der Waals surface area contributed by atoms with E-state index in [0.29, 0.717) is 18.1 Å². The quantitative estimate of drug-likeness (QED) is 0.816. The molecule has 6 heteroatoms. The molecule has 0 aliphatic carbocycles. The van der Waals surface area contributed by atoms with E-state index in [9.17, 15) is 4.79 Å². The van der Waals surface area contributed by atoms with E-state index in [0.717, 1.165) is 47.5 Å². The average molecular weight is 370 g/mol. The number of fused-ring (bicyclic) bond motifs is 1. The van der Waals surface area contributed by atoms with Gasteiger partial charge in [-0.3, -0.25) is 14.4 Å². The Labute approximate surface area is 161 Å². The second kappa shape index (κ2) is 6.89. The molecule has 2 aliphatic heterocycles. The van der Waals surface area contributed by atoms with Gasteiger partial charge in [0.15, 0.2) is 5.65 Å². The molecule has 4 heterocycles. The third kappa shape index (κ3) is 3.14. The van der Waals surface area contributed by atoms with Gasteiger partial charge in [-0.1, -0.05) is 0 Å². The lowest BCUT2D eigenvalue weighted by Crippen LogP contribution is -2.52. The predicted octanol–water partition coefficient (Wildman–Crippen LogP) is 3.06. The van der Waals surface area contributed by atoms with Crippen molar-refractivity contribution in [2.75, 3.05) is 13.1 Å². The Kier molecular flexibility index (Phi) is 4.70. The highest BCUT2D eigenvalue weighted by Gasteiger charge is 2.36. The molecule has 0 bridgehead atoms. The largest absolute Gasteiger partial charge is 0.337 e. The summed E-state index contributed by atoms with van der Waals surface area (Å²) in [6, 6.07) is 3.65. The first-order chi connectivity index (χ1) is 12.9. The molecule has 2 aromatic rings. The van der Waals surface area contributed by atoms with Crippen LogP contribution in [0.25, 0.3) is 11.0 Å². The van der Waals surface area contributed by atoms with E-state index < -0.39 is 0 Å². The molecular formula is C21H31N5O. The molecule has 0 saturated carbocycles. The number of aryl methyl sites for hydroxylation is 3. The van der Waals surface area contributed by atoms with Crippen molar-refractivity contribution in [2.45, 2.75) is 71.5 Å². The molecule has 0 unspecified atom stereocenters. The van der Waals surface area contributed by atoms with Crippen molar-refractivity contribution in [3.63, 3.8) is 0 Å². The zero-order valence-electron chi connectivity index (χ0n) is 17.2. The van der Waals surface area contributed by atoms with Crippen LogP contribution in [0.3, 0.4) is 0 Å². The van der Waals surface area contributed by atoms with E-state index in [2.05, 4.69) is 33.7 Å². The maximum absolute atomic E-state index is 13.5. The van der Waals surface area contributed by atoms with Crippen LogP contribution in [0.5, 0.6) is 0 Å². The SMILES string of the molecule is Cc1cc(C(=O)N2CCC[C@H](N3[C@@H](C)CC[C@@H]3C)C2)c2c(C)nn(C)c2n1. The van der Waals surface area contributed by atoms with Gasteiger partial charge in [-0.2, -0.15) is 5.10 Å². The van der Waals surface area contributed by atoms with Crippen molar-refractivity contribution in [1.29, 1.82) is 0 Å². The molecular weight excluding hydrogens is 338 g/mol. The maximum Gasteiger partial charge on any atom is 0.254 e. The van der Waals surface area contributed by atoms with Crippen molar-refractivity contribution in [1.82, 2.24) is 24.6 Å². The first-order valence-corrected chi connectivity index (χ1v) is 10.2. The number of aromatic nitrogens is 3. The van der Waals surface area contributed by atoms with Gasteiger partial charge in [-0.05, 0) is 59.4 Å². The molecule has 2 aromatic heterocycles. The zero-order chi connectivity index (χ0) is 19.3. The van der Waals surface area contributed by atoms with Gasteiger partial charge in [-0.25, -0.2) is 4.98 Å². The first-order valence-electron chi connectivity index (χ1n) is 10.2. The van der Waals surface area contributed by atoms with Crippen LogP contribution in [0.2, 0.25) is 0 Å². The fourth-order valence-corrected chi connectivity index (χ4v) is 5.23. The summed E-state index contributed by atoms with van der Waals surface area (Å²) in [5.74, 6) is 0.130. The van der Waals surface area contributed by atoms with Gasteiger partial charge in [0.25, 0.3) is 5.91 Å². The van der Waals surface area contributed by atoms with Crippen molar-refractivity contribution >= 4 is 16.9 Å². The molecule has 1 amide bonds. The standard InChI is InChI=1S/C21H31N5O/c1-13-11-18(19-16(4)23-24(5)20(19)22-13)21(27)25-10-6-7-17(12-25)26-14(2)8-9-15(26)3/h11,14-15,17H,6-10,12H2,1-5H3/t14-,15-,17-/m0/s1. The lowest BCUT2D eigenvalue weighted by molar-refractivity contribution is 0.0488. The topological polar surface area (TPSA) is 54.3 Å². The molecule has 0 spiro atoms. The number of amides is 1. The molecule has 27 heavy (non-hydrogen) atoms. The van der Waals surface area contributed by atoms with Crippen LogP contribution in [0.4, 0.5) is 0 Å². The van der Waals surface area contributed by atoms with Gasteiger partial charge in [0.2, 0.25) is 0 Å². The van der Waals surface area contributed by atoms with Crippen molar-refractivity contribution in [3.05, 3.63) is 23.0 Å². The first kappa shape index (κ1) is 18.4. The van der Waals surface area contributed by atoms with Gasteiger partial charge >= 0.3 is 0 Å². The van der Waals surface area contributed by atoms with Crippen LogP contribution in [-0.4, -0.2) is 61.7 Å². The number of piperidine rings is 1. The molecule has 0 radical (unpaired) electrons. The average Bonchev–Trinajstić information content (AvgIpc) is 3.12. The highest BCUT2D eigenvalue weighted by Crippen LogP contribution is 2.31. The van der Waals surface area contributed by atoms with E-state index >= 15 is 0 Å². The molecule has 3 atom stereocenters. The Morgan fingerprint density at radius 2 is 1.85 bits per heavy atom. The number of rotatable bonds is 2. The molecule has 146 valence electrons. The number of likely N-dealkylation sites (tertiary alicyclic amines) is 2. The fraction of sp³-hybridized carbons (Fsp3) is 0.667. The normalized spacial score (nSPS) is 26.9. The summed E-state index contributed by atoms with van der Waals surface area (Å²) in [7, 11) is 1.89. The third-order valence-electron chi connectivity index (χ3n) is 6.45. The molecule has 0 N–H and O–H groups in total. The van der Waals surface area contributed by atoms with E-state index in [1.54, 1.807) is 4.68 Å². The third-order valence-corrected chi connectivity index (χ3v) is 6.45. The summed E-state index contributed by atoms with van der Waals surface area (Å²) in [6.07, 6.45) is 4.80. The van der Waals surface area contributed by atoms with Crippen LogP contribution in [0, 0.1) is 13.8 Å². The van der Waals surface area contributed by atoms with Crippen molar-refractivity contribution in [2.24, 2.45) is 7.05 Å². The van der Waals surface area contributed by atoms with E-state index in [-0.39, 0.29) is 5.91 Å². The molecule has 2 aliphatic rings. The van der Waals surface area contributed by atoms with Gasteiger partial charge in [0, 0.05) is 44.0 Å². The Morgan fingerprint density at radius 3 is 2.56 bits per heavy atom. The molecule has 4 rings (SSSR count). The molecule has 2 saturated heterocycles. The van der Waals surface area contributed by atoms with Gasteiger partial charge < -0.3 is 4.90 Å². The van der Waals surface area contributed by atoms with E-state index in [1.165, 1.54) is 19.3 Å². The Hall–Kier alpha value is -1.95. The lowest BCUT2D eigenvalue weighted by Gasteiger charge is -2.41. The monoisotopic (exact) mass is 369 g/mol. The summed E-state index contributed by atoms with van der Waals surface area (Å²) >= 11 is 0. The Balaban J connectivity index is 1.64. The van der Waals surface area contributed by atoms with E-state index in [1.807, 2.05) is 27.0 Å². The molecule has 2 fully saturated rings.